The average Bonchev–Trinajstić information content (AvgIpc) is 2.62. The van der Waals surface area contributed by atoms with Crippen LogP contribution in [0.15, 0.2) is 12.2 Å². The second kappa shape index (κ2) is 16.8. The Morgan fingerprint density at radius 3 is 2.18 bits per heavy atom. The molecule has 1 N–H and O–H groups in total. The Labute approximate surface area is 176 Å². The number of nitrogens with one attached hydrogen (secondary N) is 1. The van der Waals surface area contributed by atoms with Crippen molar-refractivity contribution in [1.29, 1.82) is 0 Å². The molecular formula is C22H41NO4S. The maximum Gasteiger partial charge on any atom is 0.408 e. The second-order valence-corrected chi connectivity index (χ2v) is 9.07. The van der Waals surface area contributed by atoms with E-state index >= 15 is 0 Å². The van der Waals surface area contributed by atoms with Gasteiger partial charge in [-0.1, -0.05) is 64.0 Å². The summed E-state index contributed by atoms with van der Waals surface area (Å²) in [5.74, 6) is 0.801. The van der Waals surface area contributed by atoms with Crippen LogP contribution in [0.1, 0.15) is 85.5 Å². The highest BCUT2D eigenvalue weighted by atomic mass is 32.2. The topological polar surface area (TPSA) is 64.6 Å². The fourth-order valence-electron chi connectivity index (χ4n) is 2.60. The zero-order valence-electron chi connectivity index (χ0n) is 18.6. The summed E-state index contributed by atoms with van der Waals surface area (Å²) in [4.78, 5) is 23.7. The predicted octanol–water partition coefficient (Wildman–Crippen LogP) is 5.87. The van der Waals surface area contributed by atoms with Gasteiger partial charge in [-0.3, -0.25) is 0 Å². The summed E-state index contributed by atoms with van der Waals surface area (Å²) in [6, 6.07) is -0.703. The summed E-state index contributed by atoms with van der Waals surface area (Å²) in [5, 5.41) is 2.59. The quantitative estimate of drug-likeness (QED) is 0.206. The van der Waals surface area contributed by atoms with Crippen LogP contribution in [0.2, 0.25) is 0 Å². The summed E-state index contributed by atoms with van der Waals surface area (Å²) < 4.78 is 9.97. The minimum Gasteiger partial charge on any atom is -0.467 e. The van der Waals surface area contributed by atoms with E-state index in [1.54, 1.807) is 32.5 Å². The number of alkyl carbamates (subject to hydrolysis) is 1. The molecule has 28 heavy (non-hydrogen) atoms. The zero-order chi connectivity index (χ0) is 21.3. The standard InChI is InChI=1S/C22H41NO4S/c1-6-7-8-9-10-11-12-13-14-15-16-17-28-18-19(20(24)26-5)23-21(25)27-22(2,3)4/h15-16,19H,6-14,17-18H2,1-5H3,(H,23,25)/b16-15+/t19-/m0/s1. The van der Waals surface area contributed by atoms with Gasteiger partial charge in [0.2, 0.25) is 0 Å². The molecular weight excluding hydrogens is 374 g/mol. The van der Waals surface area contributed by atoms with Gasteiger partial charge in [0.15, 0.2) is 0 Å². The van der Waals surface area contributed by atoms with Crippen LogP contribution in [-0.4, -0.2) is 42.3 Å². The van der Waals surface area contributed by atoms with Gasteiger partial charge in [0.1, 0.15) is 11.6 Å². The Kier molecular flexibility index (Phi) is 16.1. The van der Waals surface area contributed by atoms with E-state index in [2.05, 4.69) is 24.4 Å². The third kappa shape index (κ3) is 17.0. The number of rotatable bonds is 15. The van der Waals surface area contributed by atoms with Crippen molar-refractivity contribution in [3.05, 3.63) is 12.2 Å². The normalized spacial score (nSPS) is 12.8. The van der Waals surface area contributed by atoms with Crippen molar-refractivity contribution in [3.63, 3.8) is 0 Å². The number of ether oxygens (including phenoxy) is 2. The van der Waals surface area contributed by atoms with Crippen LogP contribution >= 0.6 is 11.8 Å². The van der Waals surface area contributed by atoms with Gasteiger partial charge in [-0.05, 0) is 33.6 Å². The Morgan fingerprint density at radius 2 is 1.61 bits per heavy atom. The molecule has 0 aliphatic carbocycles. The number of hydrogen-bond acceptors (Lipinski definition) is 5. The molecule has 0 spiro atoms. The molecule has 1 amide bonds. The van der Waals surface area contributed by atoms with E-state index in [0.29, 0.717) is 5.75 Å². The lowest BCUT2D eigenvalue weighted by Crippen LogP contribution is -2.45. The molecule has 0 fully saturated rings. The molecule has 0 radical (unpaired) electrons. The Hall–Kier alpha value is -1.17. The molecule has 0 aromatic carbocycles. The van der Waals surface area contributed by atoms with E-state index in [-0.39, 0.29) is 0 Å². The Morgan fingerprint density at radius 1 is 1.00 bits per heavy atom. The number of hydrogen-bond donors (Lipinski definition) is 1. The van der Waals surface area contributed by atoms with Crippen molar-refractivity contribution in [2.75, 3.05) is 18.6 Å². The number of amides is 1. The molecule has 0 unspecified atom stereocenters. The van der Waals surface area contributed by atoms with Crippen molar-refractivity contribution in [2.24, 2.45) is 0 Å². The van der Waals surface area contributed by atoms with Gasteiger partial charge in [-0.25, -0.2) is 9.59 Å². The van der Waals surface area contributed by atoms with Gasteiger partial charge in [0.25, 0.3) is 0 Å². The molecule has 0 bridgehead atoms. The lowest BCUT2D eigenvalue weighted by Gasteiger charge is -2.22. The van der Waals surface area contributed by atoms with E-state index < -0.39 is 23.7 Å². The van der Waals surface area contributed by atoms with Crippen LogP contribution in [0.5, 0.6) is 0 Å². The van der Waals surface area contributed by atoms with E-state index in [0.717, 1.165) is 12.2 Å². The lowest BCUT2D eigenvalue weighted by molar-refractivity contribution is -0.142. The monoisotopic (exact) mass is 415 g/mol. The van der Waals surface area contributed by atoms with Crippen LogP contribution in [-0.2, 0) is 14.3 Å². The van der Waals surface area contributed by atoms with Crippen molar-refractivity contribution >= 4 is 23.8 Å². The van der Waals surface area contributed by atoms with Crippen molar-refractivity contribution < 1.29 is 19.1 Å². The molecule has 0 heterocycles. The highest BCUT2D eigenvalue weighted by molar-refractivity contribution is 7.99. The number of carbonyl (C=O) groups excluding carboxylic acids is 2. The average molecular weight is 416 g/mol. The fourth-order valence-corrected chi connectivity index (χ4v) is 3.46. The molecule has 0 aliphatic rings. The smallest absolute Gasteiger partial charge is 0.408 e. The Bertz CT molecular complexity index is 446. The fraction of sp³-hybridized carbons (Fsp3) is 0.818. The SMILES string of the molecule is CCCCCCCCCC/C=C/CSC[C@H](NC(=O)OC(C)(C)C)C(=O)OC. The van der Waals surface area contributed by atoms with Crippen LogP contribution in [0.3, 0.4) is 0 Å². The Balaban J connectivity index is 3.88. The third-order valence-corrected chi connectivity index (χ3v) is 5.06. The molecule has 164 valence electrons. The van der Waals surface area contributed by atoms with E-state index in [1.165, 1.54) is 58.5 Å². The first kappa shape index (κ1) is 26.8. The molecule has 6 heteroatoms. The van der Waals surface area contributed by atoms with Crippen LogP contribution in [0.25, 0.3) is 0 Å². The third-order valence-electron chi connectivity index (χ3n) is 4.07. The summed E-state index contributed by atoms with van der Waals surface area (Å²) >= 11 is 1.59. The van der Waals surface area contributed by atoms with E-state index in [4.69, 9.17) is 9.47 Å². The number of carbonyl (C=O) groups is 2. The van der Waals surface area contributed by atoms with Crippen LogP contribution < -0.4 is 5.32 Å². The minimum absolute atomic E-state index is 0.452. The van der Waals surface area contributed by atoms with Gasteiger partial charge < -0.3 is 14.8 Å². The van der Waals surface area contributed by atoms with Crippen LogP contribution in [0, 0.1) is 0 Å². The molecule has 0 aromatic heterocycles. The first-order valence-electron chi connectivity index (χ1n) is 10.6. The molecule has 0 aliphatic heterocycles. The largest absolute Gasteiger partial charge is 0.467 e. The molecule has 0 saturated carbocycles. The molecule has 0 saturated heterocycles. The molecule has 5 nitrogen and oxygen atoms in total. The number of methoxy groups -OCH3 is 1. The van der Waals surface area contributed by atoms with Crippen molar-refractivity contribution in [1.82, 2.24) is 5.32 Å². The van der Waals surface area contributed by atoms with Crippen molar-refractivity contribution in [2.45, 2.75) is 97.1 Å². The number of esters is 1. The molecule has 1 atom stereocenters. The number of allylic oxidation sites excluding steroid dienone is 1. The summed E-state index contributed by atoms with van der Waals surface area (Å²) in [6.45, 7) is 7.60. The molecule has 0 aromatic rings. The van der Waals surface area contributed by atoms with Crippen LogP contribution in [0.4, 0.5) is 4.79 Å². The maximum absolute atomic E-state index is 11.9. The first-order valence-corrected chi connectivity index (χ1v) is 11.8. The van der Waals surface area contributed by atoms with Gasteiger partial charge in [-0.2, -0.15) is 11.8 Å². The number of thioether (sulfide) groups is 1. The maximum atomic E-state index is 11.9. The highest BCUT2D eigenvalue weighted by Crippen LogP contribution is 2.11. The lowest BCUT2D eigenvalue weighted by atomic mass is 10.1. The van der Waals surface area contributed by atoms with Gasteiger partial charge >= 0.3 is 12.1 Å². The minimum atomic E-state index is -0.703. The van der Waals surface area contributed by atoms with E-state index in [1.807, 2.05) is 0 Å². The second-order valence-electron chi connectivity index (χ2n) is 7.99. The van der Waals surface area contributed by atoms with Gasteiger partial charge in [-0.15, -0.1) is 0 Å². The summed E-state index contributed by atoms with van der Waals surface area (Å²) in [7, 11) is 1.32. The van der Waals surface area contributed by atoms with E-state index in [9.17, 15) is 9.59 Å². The van der Waals surface area contributed by atoms with Gasteiger partial charge in [0.05, 0.1) is 7.11 Å². The summed E-state index contributed by atoms with van der Waals surface area (Å²) in [5.41, 5.74) is -0.601. The highest BCUT2D eigenvalue weighted by Gasteiger charge is 2.24. The predicted molar refractivity (Wildman–Crippen MR) is 119 cm³/mol. The van der Waals surface area contributed by atoms with Crippen molar-refractivity contribution in [3.8, 4) is 0 Å². The number of unbranched alkanes of at least 4 members (excludes halogenated alkanes) is 8. The zero-order valence-corrected chi connectivity index (χ0v) is 19.4. The molecule has 0 rings (SSSR count). The first-order chi connectivity index (χ1) is 13.3. The van der Waals surface area contributed by atoms with Gasteiger partial charge in [0, 0.05) is 11.5 Å². The summed E-state index contributed by atoms with van der Waals surface area (Å²) in [6.07, 6.45) is 15.5.